The molecule has 150 valence electrons. The zero-order valence-electron chi connectivity index (χ0n) is 16.1. The van der Waals surface area contributed by atoms with Gasteiger partial charge in [0.15, 0.2) is 6.10 Å². The normalized spacial score (nSPS) is 17.7. The molecule has 3 rings (SSSR count). The highest BCUT2D eigenvalue weighted by Crippen LogP contribution is 2.34. The van der Waals surface area contributed by atoms with E-state index in [0.29, 0.717) is 17.2 Å². The number of nitrogens with zero attached hydrogens (tertiary/aromatic N) is 1. The molecule has 1 aliphatic heterocycles. The summed E-state index contributed by atoms with van der Waals surface area (Å²) in [4.78, 5) is 12.9. The van der Waals surface area contributed by atoms with Crippen molar-refractivity contribution >= 4 is 21.6 Å². The number of nitrogens with one attached hydrogen (secondary N) is 1. The van der Waals surface area contributed by atoms with Gasteiger partial charge in [0, 0.05) is 18.5 Å². The minimum Gasteiger partial charge on any atom is -0.496 e. The minimum atomic E-state index is -3.48. The lowest BCUT2D eigenvalue weighted by molar-refractivity contribution is -0.128. The molecule has 0 fully saturated rings. The predicted octanol–water partition coefficient (Wildman–Crippen LogP) is 2.49. The summed E-state index contributed by atoms with van der Waals surface area (Å²) in [7, 11) is -1.90. The van der Waals surface area contributed by atoms with Crippen LogP contribution in [-0.4, -0.2) is 40.3 Å². The Labute approximate surface area is 165 Å². The molecular weight excluding hydrogens is 380 g/mol. The predicted molar refractivity (Wildman–Crippen MR) is 107 cm³/mol. The average molecular weight is 404 g/mol. The number of rotatable bonds is 5. The first kappa shape index (κ1) is 20.0. The minimum absolute atomic E-state index is 0.164. The number of fused-ring (bicyclic) bond motifs is 1. The Bertz CT molecular complexity index is 961. The molecule has 1 heterocycles. The summed E-state index contributed by atoms with van der Waals surface area (Å²) in [6.07, 6.45) is 0.588. The molecule has 1 amide bonds. The van der Waals surface area contributed by atoms with E-state index in [9.17, 15) is 13.2 Å². The summed E-state index contributed by atoms with van der Waals surface area (Å²) in [5, 5.41) is 2.94. The Morgan fingerprint density at radius 1 is 1.21 bits per heavy atom. The Kier molecular flexibility index (Phi) is 5.79. The number of para-hydroxylation sites is 3. The number of hydrogen-bond donors (Lipinski definition) is 1. The Morgan fingerprint density at radius 3 is 2.61 bits per heavy atom. The van der Waals surface area contributed by atoms with E-state index in [1.54, 1.807) is 31.4 Å². The van der Waals surface area contributed by atoms with Gasteiger partial charge in [0.05, 0.1) is 25.1 Å². The fourth-order valence-corrected chi connectivity index (χ4v) is 4.21. The van der Waals surface area contributed by atoms with Crippen LogP contribution in [0, 0.1) is 0 Å². The Morgan fingerprint density at radius 2 is 1.89 bits per heavy atom. The van der Waals surface area contributed by atoms with E-state index in [4.69, 9.17) is 9.47 Å². The van der Waals surface area contributed by atoms with Gasteiger partial charge in [-0.25, -0.2) is 8.42 Å². The third-order valence-corrected chi connectivity index (χ3v) is 5.83. The number of amides is 1. The summed E-state index contributed by atoms with van der Waals surface area (Å²) >= 11 is 0. The third kappa shape index (κ3) is 4.22. The lowest BCUT2D eigenvalue weighted by Crippen LogP contribution is -2.40. The van der Waals surface area contributed by atoms with Gasteiger partial charge in [-0.05, 0) is 25.1 Å². The first-order chi connectivity index (χ1) is 13.3. The van der Waals surface area contributed by atoms with E-state index in [1.165, 1.54) is 4.31 Å². The summed E-state index contributed by atoms with van der Waals surface area (Å²) in [5.41, 5.74) is 1.29. The SMILES string of the molecule is COc1ccccc1[C@@H](C)NC(=O)[C@@H]1CCN(S(C)(=O)=O)c2ccccc2O1. The zero-order chi connectivity index (χ0) is 20.3. The van der Waals surface area contributed by atoms with Crippen molar-refractivity contribution in [3.63, 3.8) is 0 Å². The molecule has 28 heavy (non-hydrogen) atoms. The number of sulfonamides is 1. The molecule has 0 unspecified atom stereocenters. The van der Waals surface area contributed by atoms with Crippen molar-refractivity contribution in [2.45, 2.75) is 25.5 Å². The zero-order valence-corrected chi connectivity index (χ0v) is 16.9. The lowest BCUT2D eigenvalue weighted by atomic mass is 10.1. The highest BCUT2D eigenvalue weighted by atomic mass is 32.2. The quantitative estimate of drug-likeness (QED) is 0.828. The maximum Gasteiger partial charge on any atom is 0.261 e. The van der Waals surface area contributed by atoms with Gasteiger partial charge >= 0.3 is 0 Å². The van der Waals surface area contributed by atoms with Crippen LogP contribution in [0.1, 0.15) is 24.9 Å². The number of anilines is 1. The van der Waals surface area contributed by atoms with Crippen molar-refractivity contribution in [3.05, 3.63) is 54.1 Å². The highest BCUT2D eigenvalue weighted by molar-refractivity contribution is 7.92. The maximum absolute atomic E-state index is 12.9. The van der Waals surface area contributed by atoms with Crippen molar-refractivity contribution < 1.29 is 22.7 Å². The second kappa shape index (κ2) is 8.10. The molecule has 0 bridgehead atoms. The van der Waals surface area contributed by atoms with Crippen molar-refractivity contribution in [1.29, 1.82) is 0 Å². The van der Waals surface area contributed by atoms with E-state index in [1.807, 2.05) is 31.2 Å². The van der Waals surface area contributed by atoms with Crippen LogP contribution in [0.2, 0.25) is 0 Å². The smallest absolute Gasteiger partial charge is 0.261 e. The van der Waals surface area contributed by atoms with Crippen LogP contribution < -0.4 is 19.1 Å². The first-order valence-electron chi connectivity index (χ1n) is 8.98. The highest BCUT2D eigenvalue weighted by Gasteiger charge is 2.31. The largest absolute Gasteiger partial charge is 0.496 e. The molecule has 1 aliphatic rings. The van der Waals surface area contributed by atoms with Gasteiger partial charge in [0.25, 0.3) is 5.91 Å². The standard InChI is InChI=1S/C20H24N2O5S/c1-14(15-8-4-6-10-17(15)26-2)21-20(23)19-12-13-22(28(3,24)25)16-9-5-7-11-18(16)27-19/h4-11,14,19H,12-13H2,1-3H3,(H,21,23)/t14-,19+/m1/s1. The van der Waals surface area contributed by atoms with Gasteiger partial charge in [-0.15, -0.1) is 0 Å². The Balaban J connectivity index is 1.80. The summed E-state index contributed by atoms with van der Waals surface area (Å²) in [5.74, 6) is 0.754. The topological polar surface area (TPSA) is 84.9 Å². The maximum atomic E-state index is 12.9. The van der Waals surface area contributed by atoms with Gasteiger partial charge in [0.2, 0.25) is 10.0 Å². The molecule has 2 aromatic carbocycles. The molecule has 2 atom stereocenters. The average Bonchev–Trinajstić information content (AvgIpc) is 2.87. The summed E-state index contributed by atoms with van der Waals surface area (Å²) in [6.45, 7) is 2.03. The number of carbonyl (C=O) groups excluding carboxylic acids is 1. The number of methoxy groups -OCH3 is 1. The van der Waals surface area contributed by atoms with E-state index in [0.717, 1.165) is 11.8 Å². The van der Waals surface area contributed by atoms with Crippen LogP contribution in [0.3, 0.4) is 0 Å². The van der Waals surface area contributed by atoms with E-state index >= 15 is 0 Å². The number of benzene rings is 2. The monoisotopic (exact) mass is 404 g/mol. The van der Waals surface area contributed by atoms with Crippen LogP contribution in [0.5, 0.6) is 11.5 Å². The fraction of sp³-hybridized carbons (Fsp3) is 0.350. The van der Waals surface area contributed by atoms with E-state index in [-0.39, 0.29) is 24.9 Å². The van der Waals surface area contributed by atoms with Crippen LogP contribution in [0.25, 0.3) is 0 Å². The van der Waals surface area contributed by atoms with Gasteiger partial charge in [0.1, 0.15) is 11.5 Å². The van der Waals surface area contributed by atoms with Gasteiger partial charge in [-0.2, -0.15) is 0 Å². The third-order valence-electron chi connectivity index (χ3n) is 4.65. The molecule has 0 radical (unpaired) electrons. The van der Waals surface area contributed by atoms with Crippen molar-refractivity contribution in [3.8, 4) is 11.5 Å². The van der Waals surface area contributed by atoms with Crippen LogP contribution in [0.4, 0.5) is 5.69 Å². The second-order valence-electron chi connectivity index (χ2n) is 6.67. The molecule has 0 aliphatic carbocycles. The van der Waals surface area contributed by atoms with Crippen LogP contribution in [-0.2, 0) is 14.8 Å². The van der Waals surface area contributed by atoms with Crippen LogP contribution >= 0.6 is 0 Å². The molecule has 0 spiro atoms. The Hall–Kier alpha value is -2.74. The van der Waals surface area contributed by atoms with Crippen LogP contribution in [0.15, 0.2) is 48.5 Å². The summed E-state index contributed by atoms with van der Waals surface area (Å²) < 4.78 is 36.9. The number of hydrogen-bond acceptors (Lipinski definition) is 5. The van der Waals surface area contributed by atoms with Crippen molar-refractivity contribution in [2.75, 3.05) is 24.2 Å². The van der Waals surface area contributed by atoms with Gasteiger partial charge < -0.3 is 14.8 Å². The first-order valence-corrected chi connectivity index (χ1v) is 10.8. The fourth-order valence-electron chi connectivity index (χ4n) is 3.27. The van der Waals surface area contributed by atoms with E-state index in [2.05, 4.69) is 5.32 Å². The number of ether oxygens (including phenoxy) is 2. The van der Waals surface area contributed by atoms with Crippen molar-refractivity contribution in [2.24, 2.45) is 0 Å². The molecular formula is C20H24N2O5S. The molecule has 8 heteroatoms. The lowest BCUT2D eigenvalue weighted by Gasteiger charge is -2.21. The summed E-state index contributed by atoms with van der Waals surface area (Å²) in [6, 6.07) is 14.0. The molecule has 7 nitrogen and oxygen atoms in total. The second-order valence-corrected chi connectivity index (χ2v) is 8.58. The molecule has 2 aromatic rings. The van der Waals surface area contributed by atoms with Crippen molar-refractivity contribution in [1.82, 2.24) is 5.32 Å². The molecule has 0 saturated heterocycles. The van der Waals surface area contributed by atoms with Gasteiger partial charge in [-0.3, -0.25) is 9.10 Å². The molecule has 0 saturated carbocycles. The van der Waals surface area contributed by atoms with Gasteiger partial charge in [-0.1, -0.05) is 30.3 Å². The number of carbonyl (C=O) groups is 1. The van der Waals surface area contributed by atoms with E-state index < -0.39 is 16.1 Å². The molecule has 1 N–H and O–H groups in total. The molecule has 0 aromatic heterocycles.